The summed E-state index contributed by atoms with van der Waals surface area (Å²) in [5.74, 6) is 9.38. The van der Waals surface area contributed by atoms with Crippen LogP contribution in [-0.2, 0) is 6.54 Å². The first-order valence-corrected chi connectivity index (χ1v) is 8.24. The van der Waals surface area contributed by atoms with E-state index in [1.54, 1.807) is 0 Å². The third-order valence-electron chi connectivity index (χ3n) is 2.90. The molecule has 1 saturated heterocycles. The van der Waals surface area contributed by atoms with Crippen LogP contribution < -0.4 is 11.3 Å². The molecule has 1 fully saturated rings. The van der Waals surface area contributed by atoms with Gasteiger partial charge in [-0.2, -0.15) is 28.6 Å². The van der Waals surface area contributed by atoms with Gasteiger partial charge in [0, 0.05) is 35.3 Å². The minimum atomic E-state index is 0.210. The fraction of sp³-hybridized carbons (Fsp3) is 0.727. The molecule has 0 spiro atoms. The van der Waals surface area contributed by atoms with E-state index >= 15 is 0 Å². The van der Waals surface area contributed by atoms with Crippen LogP contribution in [0.1, 0.15) is 25.1 Å². The maximum Gasteiger partial charge on any atom is 0.0755 e. The lowest BCUT2D eigenvalue weighted by molar-refractivity contribution is 0.479. The van der Waals surface area contributed by atoms with Gasteiger partial charge in [0.05, 0.1) is 11.7 Å². The molecule has 6 heteroatoms. The number of nitrogens with zero attached hydrogens (tertiary/aromatic N) is 2. The number of hydrogen-bond acceptors (Lipinski definition) is 5. The first-order chi connectivity index (χ1) is 8.36. The van der Waals surface area contributed by atoms with Crippen LogP contribution in [0.3, 0.4) is 0 Å². The molecule has 96 valence electrons. The Hall–Kier alpha value is -0.170. The second kappa shape index (κ2) is 6.68. The van der Waals surface area contributed by atoms with Crippen LogP contribution in [0.15, 0.2) is 12.3 Å². The highest BCUT2D eigenvalue weighted by Crippen LogP contribution is 2.33. The van der Waals surface area contributed by atoms with Crippen molar-refractivity contribution in [3.8, 4) is 0 Å². The Morgan fingerprint density at radius 3 is 3.18 bits per heavy atom. The number of aromatic nitrogens is 2. The van der Waals surface area contributed by atoms with Gasteiger partial charge >= 0.3 is 0 Å². The molecule has 1 aliphatic rings. The zero-order valence-corrected chi connectivity index (χ0v) is 11.8. The minimum Gasteiger partial charge on any atom is -0.271 e. The number of thioether (sulfide) groups is 2. The largest absolute Gasteiger partial charge is 0.271 e. The Bertz CT molecular complexity index is 336. The second-order valence-corrected chi connectivity index (χ2v) is 6.60. The van der Waals surface area contributed by atoms with Crippen LogP contribution in [0.25, 0.3) is 0 Å². The SMILES string of the molecule is CCCn1nccc1C(NN)C1CSCCS1. The lowest BCUT2D eigenvalue weighted by Gasteiger charge is -2.29. The quantitative estimate of drug-likeness (QED) is 0.630. The molecule has 2 rings (SSSR count). The zero-order valence-electron chi connectivity index (χ0n) is 10.1. The summed E-state index contributed by atoms with van der Waals surface area (Å²) >= 11 is 4.03. The maximum absolute atomic E-state index is 5.75. The molecule has 2 heterocycles. The molecule has 17 heavy (non-hydrogen) atoms. The highest BCUT2D eigenvalue weighted by Gasteiger charge is 2.27. The molecule has 1 aromatic heterocycles. The van der Waals surface area contributed by atoms with Gasteiger partial charge in [0.15, 0.2) is 0 Å². The van der Waals surface area contributed by atoms with Crippen molar-refractivity contribution in [2.45, 2.75) is 31.2 Å². The molecular formula is C11H20N4S2. The highest BCUT2D eigenvalue weighted by molar-refractivity contribution is 8.06. The molecule has 0 radical (unpaired) electrons. The van der Waals surface area contributed by atoms with Crippen molar-refractivity contribution >= 4 is 23.5 Å². The van der Waals surface area contributed by atoms with Gasteiger partial charge in [-0.25, -0.2) is 0 Å². The lowest BCUT2D eigenvalue weighted by atomic mass is 10.1. The molecule has 4 nitrogen and oxygen atoms in total. The van der Waals surface area contributed by atoms with Gasteiger partial charge in [-0.05, 0) is 12.5 Å². The van der Waals surface area contributed by atoms with E-state index in [1.807, 2.05) is 29.7 Å². The number of hydrogen-bond donors (Lipinski definition) is 2. The second-order valence-electron chi connectivity index (χ2n) is 4.11. The first-order valence-electron chi connectivity index (χ1n) is 6.04. The molecule has 2 atom stereocenters. The third-order valence-corrected chi connectivity index (χ3v) is 5.76. The van der Waals surface area contributed by atoms with Crippen LogP contribution in [0.5, 0.6) is 0 Å². The fourth-order valence-corrected chi connectivity index (χ4v) is 4.92. The Morgan fingerprint density at radius 1 is 1.65 bits per heavy atom. The Labute approximate surface area is 111 Å². The Morgan fingerprint density at radius 2 is 2.53 bits per heavy atom. The average molecular weight is 272 g/mol. The predicted molar refractivity (Wildman–Crippen MR) is 76.2 cm³/mol. The van der Waals surface area contributed by atoms with Crippen molar-refractivity contribution in [2.24, 2.45) is 5.84 Å². The maximum atomic E-state index is 5.75. The van der Waals surface area contributed by atoms with Crippen molar-refractivity contribution in [3.05, 3.63) is 18.0 Å². The Balaban J connectivity index is 2.12. The number of rotatable bonds is 5. The summed E-state index contributed by atoms with van der Waals surface area (Å²) in [6.45, 7) is 3.13. The zero-order chi connectivity index (χ0) is 12.1. The minimum absolute atomic E-state index is 0.210. The molecular weight excluding hydrogens is 252 g/mol. The van der Waals surface area contributed by atoms with Gasteiger partial charge in [0.2, 0.25) is 0 Å². The summed E-state index contributed by atoms with van der Waals surface area (Å²) < 4.78 is 2.07. The predicted octanol–water partition coefficient (Wildman–Crippen LogP) is 1.65. The van der Waals surface area contributed by atoms with E-state index in [0.717, 1.165) is 18.7 Å². The van der Waals surface area contributed by atoms with E-state index in [1.165, 1.54) is 17.2 Å². The standard InChI is InChI=1S/C11H20N4S2/c1-2-5-15-9(3-4-13-15)11(14-12)10-8-16-6-7-17-10/h3-4,10-11,14H,2,5-8,12H2,1H3. The number of nitrogens with one attached hydrogen (secondary N) is 1. The van der Waals surface area contributed by atoms with Crippen LogP contribution in [-0.4, -0.2) is 32.3 Å². The fourth-order valence-electron chi connectivity index (χ4n) is 2.09. The molecule has 0 aromatic carbocycles. The van der Waals surface area contributed by atoms with Crippen LogP contribution >= 0.6 is 23.5 Å². The first kappa shape index (κ1) is 13.3. The molecule has 0 saturated carbocycles. The summed E-state index contributed by atoms with van der Waals surface area (Å²) in [5, 5.41) is 4.92. The van der Waals surface area contributed by atoms with Gasteiger partial charge in [0.1, 0.15) is 0 Å². The number of hydrazine groups is 1. The molecule has 0 bridgehead atoms. The summed E-state index contributed by atoms with van der Waals surface area (Å²) in [5.41, 5.74) is 4.19. The van der Waals surface area contributed by atoms with Gasteiger partial charge < -0.3 is 0 Å². The highest BCUT2D eigenvalue weighted by atomic mass is 32.2. The van der Waals surface area contributed by atoms with Gasteiger partial charge in [-0.1, -0.05) is 6.92 Å². The average Bonchev–Trinajstić information content (AvgIpc) is 2.81. The summed E-state index contributed by atoms with van der Waals surface area (Å²) in [7, 11) is 0. The monoisotopic (exact) mass is 272 g/mol. The van der Waals surface area contributed by atoms with Crippen molar-refractivity contribution < 1.29 is 0 Å². The molecule has 2 unspecified atom stereocenters. The Kier molecular flexibility index (Phi) is 5.21. The van der Waals surface area contributed by atoms with Crippen LogP contribution in [0.2, 0.25) is 0 Å². The molecule has 1 aromatic rings. The molecule has 0 amide bonds. The van der Waals surface area contributed by atoms with E-state index < -0.39 is 0 Å². The van der Waals surface area contributed by atoms with E-state index in [2.05, 4.69) is 28.2 Å². The smallest absolute Gasteiger partial charge is 0.0755 e. The molecule has 3 N–H and O–H groups in total. The molecule has 0 aliphatic carbocycles. The summed E-state index contributed by atoms with van der Waals surface area (Å²) in [6.07, 6.45) is 2.97. The van der Waals surface area contributed by atoms with Crippen molar-refractivity contribution in [1.29, 1.82) is 0 Å². The summed E-state index contributed by atoms with van der Waals surface area (Å²) in [6, 6.07) is 2.29. The van der Waals surface area contributed by atoms with E-state index in [4.69, 9.17) is 5.84 Å². The van der Waals surface area contributed by atoms with Crippen molar-refractivity contribution in [3.63, 3.8) is 0 Å². The summed E-state index contributed by atoms with van der Waals surface area (Å²) in [4.78, 5) is 0. The van der Waals surface area contributed by atoms with Crippen LogP contribution in [0.4, 0.5) is 0 Å². The normalized spacial score (nSPS) is 22.6. The third kappa shape index (κ3) is 3.19. The van der Waals surface area contributed by atoms with E-state index in [9.17, 15) is 0 Å². The van der Waals surface area contributed by atoms with Gasteiger partial charge in [-0.15, -0.1) is 0 Å². The van der Waals surface area contributed by atoms with Crippen molar-refractivity contribution in [1.82, 2.24) is 15.2 Å². The number of aryl methyl sites for hydroxylation is 1. The van der Waals surface area contributed by atoms with Gasteiger partial charge in [-0.3, -0.25) is 16.0 Å². The van der Waals surface area contributed by atoms with Crippen LogP contribution in [0, 0.1) is 0 Å². The lowest BCUT2D eigenvalue weighted by Crippen LogP contribution is -2.39. The topological polar surface area (TPSA) is 55.9 Å². The van der Waals surface area contributed by atoms with E-state index in [-0.39, 0.29) is 6.04 Å². The van der Waals surface area contributed by atoms with Gasteiger partial charge in [0.25, 0.3) is 0 Å². The van der Waals surface area contributed by atoms with Crippen molar-refractivity contribution in [2.75, 3.05) is 17.3 Å². The molecule has 1 aliphatic heterocycles. The number of nitrogens with two attached hydrogens (primary N) is 1. The van der Waals surface area contributed by atoms with E-state index in [0.29, 0.717) is 5.25 Å².